The zero-order valence-corrected chi connectivity index (χ0v) is 20.5. The van der Waals surface area contributed by atoms with Crippen molar-refractivity contribution < 1.29 is 22.7 Å². The van der Waals surface area contributed by atoms with E-state index in [0.717, 1.165) is 20.6 Å². The molecule has 0 fully saturated rings. The smallest absolute Gasteiger partial charge is 0.243 e. The van der Waals surface area contributed by atoms with Crippen LogP contribution >= 0.6 is 0 Å². The van der Waals surface area contributed by atoms with E-state index in [-0.39, 0.29) is 17.3 Å². The number of carbonyl (C=O) groups excluding carboxylic acids is 2. The number of sulfonamides is 1. The molecule has 2 amide bonds. The van der Waals surface area contributed by atoms with E-state index in [1.807, 2.05) is 24.3 Å². The van der Waals surface area contributed by atoms with E-state index in [2.05, 4.69) is 5.32 Å². The summed E-state index contributed by atoms with van der Waals surface area (Å²) in [4.78, 5) is 27.0. The molecule has 0 aliphatic carbocycles. The minimum absolute atomic E-state index is 0.0996. The highest BCUT2D eigenvalue weighted by Gasteiger charge is 2.30. The van der Waals surface area contributed by atoms with Crippen molar-refractivity contribution in [3.8, 4) is 5.75 Å². The summed E-state index contributed by atoms with van der Waals surface area (Å²) in [6.07, 6.45) is 0. The monoisotopic (exact) mass is 483 g/mol. The molecule has 8 nitrogen and oxygen atoms in total. The van der Waals surface area contributed by atoms with Crippen LogP contribution < -0.4 is 10.1 Å². The van der Waals surface area contributed by atoms with Gasteiger partial charge in [-0.1, -0.05) is 42.5 Å². The zero-order chi connectivity index (χ0) is 24.9. The number of nitrogens with zero attached hydrogens (tertiary/aromatic N) is 2. The number of carbonyl (C=O) groups is 2. The Balaban J connectivity index is 1.83. The summed E-state index contributed by atoms with van der Waals surface area (Å²) in [5.74, 6) is -0.164. The van der Waals surface area contributed by atoms with Crippen LogP contribution in [0.4, 0.5) is 0 Å². The molecule has 0 aliphatic heterocycles. The van der Waals surface area contributed by atoms with E-state index >= 15 is 0 Å². The second kappa shape index (κ2) is 10.7. The van der Waals surface area contributed by atoms with Gasteiger partial charge >= 0.3 is 0 Å². The van der Waals surface area contributed by atoms with Gasteiger partial charge in [0.1, 0.15) is 11.8 Å². The maximum Gasteiger partial charge on any atom is 0.243 e. The second-order valence-electron chi connectivity index (χ2n) is 7.93. The zero-order valence-electron chi connectivity index (χ0n) is 19.7. The summed E-state index contributed by atoms with van der Waals surface area (Å²) in [6, 6.07) is 18.6. The van der Waals surface area contributed by atoms with Gasteiger partial charge in [0.2, 0.25) is 21.8 Å². The Hall–Kier alpha value is -3.43. The number of ether oxygens (including phenoxy) is 1. The normalized spacial score (nSPS) is 12.4. The van der Waals surface area contributed by atoms with Gasteiger partial charge in [-0.05, 0) is 47.5 Å². The molecule has 3 aromatic rings. The number of amides is 2. The first-order valence-corrected chi connectivity index (χ1v) is 12.2. The molecule has 34 heavy (non-hydrogen) atoms. The summed E-state index contributed by atoms with van der Waals surface area (Å²) in [7, 11) is 0.487. The average molecular weight is 484 g/mol. The third-order valence-corrected chi connectivity index (χ3v) is 7.51. The van der Waals surface area contributed by atoms with E-state index in [4.69, 9.17) is 4.74 Å². The summed E-state index contributed by atoms with van der Waals surface area (Å²) < 4.78 is 32.5. The average Bonchev–Trinajstić information content (AvgIpc) is 2.86. The van der Waals surface area contributed by atoms with Crippen LogP contribution in [-0.4, -0.2) is 63.2 Å². The van der Waals surface area contributed by atoms with Crippen LogP contribution in [0.15, 0.2) is 71.6 Å². The maximum atomic E-state index is 13.2. The molecule has 0 heterocycles. The van der Waals surface area contributed by atoms with Crippen LogP contribution in [0.5, 0.6) is 5.75 Å². The van der Waals surface area contributed by atoms with Crippen molar-refractivity contribution in [2.24, 2.45) is 0 Å². The summed E-state index contributed by atoms with van der Waals surface area (Å²) >= 11 is 0. The van der Waals surface area contributed by atoms with Gasteiger partial charge in [0.15, 0.2) is 0 Å². The Bertz CT molecular complexity index is 1280. The van der Waals surface area contributed by atoms with Crippen molar-refractivity contribution in [2.45, 2.75) is 24.4 Å². The van der Waals surface area contributed by atoms with E-state index in [0.29, 0.717) is 5.75 Å². The van der Waals surface area contributed by atoms with Crippen molar-refractivity contribution in [2.75, 3.05) is 27.7 Å². The van der Waals surface area contributed by atoms with Gasteiger partial charge < -0.3 is 15.0 Å². The standard InChI is InChI=1S/C25H29N3O5S/c1-18(25(30)26-2)28(16-19-9-12-22(33-4)13-10-19)24(29)17-27(3)34(31,32)23-14-11-20-7-5-6-8-21(20)15-23/h5-15,18H,16-17H2,1-4H3,(H,26,30)/t18-/m0/s1. The van der Waals surface area contributed by atoms with Crippen molar-refractivity contribution in [1.29, 1.82) is 0 Å². The molecule has 3 aromatic carbocycles. The van der Waals surface area contributed by atoms with Crippen LogP contribution in [0.2, 0.25) is 0 Å². The molecule has 0 unspecified atom stereocenters. The molecule has 180 valence electrons. The SMILES string of the molecule is CNC(=O)[C@H](C)N(Cc1ccc(OC)cc1)C(=O)CN(C)S(=O)(=O)c1ccc2ccccc2c1. The molecule has 0 aromatic heterocycles. The Morgan fingerprint density at radius 1 is 1.00 bits per heavy atom. The second-order valence-corrected chi connectivity index (χ2v) is 9.97. The lowest BCUT2D eigenvalue weighted by molar-refractivity contribution is -0.140. The third-order valence-electron chi connectivity index (χ3n) is 5.71. The molecule has 1 atom stereocenters. The first-order chi connectivity index (χ1) is 16.2. The van der Waals surface area contributed by atoms with Gasteiger partial charge in [-0.3, -0.25) is 9.59 Å². The summed E-state index contributed by atoms with van der Waals surface area (Å²) in [5, 5.41) is 4.26. The Labute approximate surface area is 200 Å². The minimum atomic E-state index is -3.92. The molecule has 9 heteroatoms. The van der Waals surface area contributed by atoms with Crippen molar-refractivity contribution in [3.05, 3.63) is 72.3 Å². The van der Waals surface area contributed by atoms with Crippen molar-refractivity contribution >= 4 is 32.6 Å². The fourth-order valence-corrected chi connectivity index (χ4v) is 4.75. The molecular formula is C25H29N3O5S. The first kappa shape index (κ1) is 25.2. The number of benzene rings is 3. The Morgan fingerprint density at radius 2 is 1.65 bits per heavy atom. The first-order valence-electron chi connectivity index (χ1n) is 10.8. The highest BCUT2D eigenvalue weighted by molar-refractivity contribution is 7.89. The quantitative estimate of drug-likeness (QED) is 0.505. The number of hydrogen-bond acceptors (Lipinski definition) is 5. The van der Waals surface area contributed by atoms with Crippen molar-refractivity contribution in [3.63, 3.8) is 0 Å². The molecule has 1 N–H and O–H groups in total. The van der Waals surface area contributed by atoms with E-state index in [1.165, 1.54) is 25.1 Å². The molecule has 3 rings (SSSR count). The number of nitrogens with one attached hydrogen (secondary N) is 1. The topological polar surface area (TPSA) is 96.0 Å². The highest BCUT2D eigenvalue weighted by atomic mass is 32.2. The largest absolute Gasteiger partial charge is 0.497 e. The lowest BCUT2D eigenvalue weighted by Gasteiger charge is -2.30. The predicted octanol–water partition coefficient (Wildman–Crippen LogP) is 2.63. The molecular weight excluding hydrogens is 454 g/mol. The van der Waals surface area contributed by atoms with E-state index in [9.17, 15) is 18.0 Å². The number of likely N-dealkylation sites (N-methyl/N-ethyl adjacent to an activating group) is 2. The van der Waals surface area contributed by atoms with Crippen LogP contribution in [0.3, 0.4) is 0 Å². The van der Waals surface area contributed by atoms with Gasteiger partial charge in [0, 0.05) is 20.6 Å². The van der Waals surface area contributed by atoms with Crippen LogP contribution in [0.1, 0.15) is 12.5 Å². The van der Waals surface area contributed by atoms with Gasteiger partial charge in [-0.2, -0.15) is 4.31 Å². The molecule has 0 spiro atoms. The summed E-state index contributed by atoms with van der Waals surface area (Å²) in [6.45, 7) is 1.34. The Morgan fingerprint density at radius 3 is 2.26 bits per heavy atom. The van der Waals surface area contributed by atoms with Gasteiger partial charge in [-0.25, -0.2) is 8.42 Å². The van der Waals surface area contributed by atoms with E-state index in [1.54, 1.807) is 50.4 Å². The number of fused-ring (bicyclic) bond motifs is 1. The van der Waals surface area contributed by atoms with Crippen LogP contribution in [0.25, 0.3) is 10.8 Å². The fourth-order valence-electron chi connectivity index (χ4n) is 3.59. The molecule has 0 radical (unpaired) electrons. The summed E-state index contributed by atoms with van der Waals surface area (Å²) in [5.41, 5.74) is 0.782. The predicted molar refractivity (Wildman–Crippen MR) is 131 cm³/mol. The lowest BCUT2D eigenvalue weighted by Crippen LogP contribution is -2.50. The number of hydrogen-bond donors (Lipinski definition) is 1. The third kappa shape index (κ3) is 5.55. The van der Waals surface area contributed by atoms with E-state index < -0.39 is 28.5 Å². The van der Waals surface area contributed by atoms with Gasteiger partial charge in [0.25, 0.3) is 0 Å². The van der Waals surface area contributed by atoms with Crippen LogP contribution in [0, 0.1) is 0 Å². The van der Waals surface area contributed by atoms with Crippen molar-refractivity contribution in [1.82, 2.24) is 14.5 Å². The molecule has 0 saturated heterocycles. The highest BCUT2D eigenvalue weighted by Crippen LogP contribution is 2.22. The van der Waals surface area contributed by atoms with Crippen LogP contribution in [-0.2, 0) is 26.2 Å². The molecule has 0 saturated carbocycles. The number of methoxy groups -OCH3 is 1. The fraction of sp³-hybridized carbons (Fsp3) is 0.280. The molecule has 0 bridgehead atoms. The Kier molecular flexibility index (Phi) is 7.90. The van der Waals surface area contributed by atoms with Gasteiger partial charge in [0.05, 0.1) is 18.6 Å². The maximum absolute atomic E-state index is 13.2. The molecule has 0 aliphatic rings. The number of rotatable bonds is 9. The lowest BCUT2D eigenvalue weighted by atomic mass is 10.1. The minimum Gasteiger partial charge on any atom is -0.497 e. The van der Waals surface area contributed by atoms with Gasteiger partial charge in [-0.15, -0.1) is 0 Å².